The zero-order valence-corrected chi connectivity index (χ0v) is 14.2. The van der Waals surface area contributed by atoms with E-state index in [2.05, 4.69) is 5.32 Å². The summed E-state index contributed by atoms with van der Waals surface area (Å²) in [5.74, 6) is -0.793. The predicted molar refractivity (Wildman–Crippen MR) is 94.9 cm³/mol. The summed E-state index contributed by atoms with van der Waals surface area (Å²) in [5.41, 5.74) is 2.25. The highest BCUT2D eigenvalue weighted by atomic mass is 19.1. The van der Waals surface area contributed by atoms with Gasteiger partial charge in [0.25, 0.3) is 5.91 Å². The maximum atomic E-state index is 13.1. The molecule has 2 aromatic carbocycles. The molecule has 1 saturated heterocycles. The van der Waals surface area contributed by atoms with Crippen LogP contribution in [0.15, 0.2) is 48.5 Å². The molecule has 3 rings (SSSR count). The van der Waals surface area contributed by atoms with Crippen molar-refractivity contribution in [1.82, 2.24) is 4.90 Å². The van der Waals surface area contributed by atoms with E-state index in [-0.39, 0.29) is 17.6 Å². The number of amides is 2. The molecule has 0 radical (unpaired) electrons. The molecule has 1 N–H and O–H groups in total. The fourth-order valence-corrected chi connectivity index (χ4v) is 3.21. The number of hydrogen-bond acceptors (Lipinski definition) is 2. The molecule has 0 aromatic heterocycles. The topological polar surface area (TPSA) is 49.4 Å². The lowest BCUT2D eigenvalue weighted by molar-refractivity contribution is -0.119. The van der Waals surface area contributed by atoms with Crippen molar-refractivity contribution in [2.75, 3.05) is 11.9 Å². The van der Waals surface area contributed by atoms with Gasteiger partial charge in [-0.3, -0.25) is 9.59 Å². The van der Waals surface area contributed by atoms with Crippen LogP contribution in [0.2, 0.25) is 0 Å². The van der Waals surface area contributed by atoms with E-state index in [1.54, 1.807) is 4.90 Å². The maximum Gasteiger partial charge on any atom is 0.254 e. The van der Waals surface area contributed by atoms with Gasteiger partial charge in [0.2, 0.25) is 5.91 Å². The highest BCUT2D eigenvalue weighted by Crippen LogP contribution is 2.23. The van der Waals surface area contributed by atoms with E-state index in [0.29, 0.717) is 18.5 Å². The predicted octanol–water partition coefficient (Wildman–Crippen LogP) is 3.63. The monoisotopic (exact) mass is 340 g/mol. The van der Waals surface area contributed by atoms with E-state index in [1.807, 2.05) is 31.2 Å². The molecule has 1 unspecified atom stereocenters. The van der Waals surface area contributed by atoms with Crippen LogP contribution in [-0.4, -0.2) is 29.3 Å². The number of halogens is 1. The van der Waals surface area contributed by atoms with Gasteiger partial charge in [-0.15, -0.1) is 0 Å². The number of likely N-dealkylation sites (tertiary alicyclic amines) is 1. The zero-order valence-electron chi connectivity index (χ0n) is 14.2. The largest absolute Gasteiger partial charge is 0.327 e. The molecule has 1 aliphatic rings. The molecule has 1 heterocycles. The molecule has 0 bridgehead atoms. The molecule has 130 valence electrons. The molecule has 1 fully saturated rings. The average molecular weight is 340 g/mol. The fourth-order valence-electron chi connectivity index (χ4n) is 3.21. The molecule has 0 spiro atoms. The van der Waals surface area contributed by atoms with Crippen LogP contribution < -0.4 is 5.32 Å². The Labute approximate surface area is 146 Å². The lowest BCUT2D eigenvalue weighted by Gasteiger charge is -2.24. The third kappa shape index (κ3) is 3.71. The van der Waals surface area contributed by atoms with Crippen molar-refractivity contribution in [2.45, 2.75) is 32.2 Å². The number of rotatable bonds is 4. The Morgan fingerprint density at radius 2 is 1.88 bits per heavy atom. The molecule has 0 saturated carbocycles. The van der Waals surface area contributed by atoms with Crippen LogP contribution in [0.4, 0.5) is 10.1 Å². The average Bonchev–Trinajstić information content (AvgIpc) is 3.12. The third-order valence-electron chi connectivity index (χ3n) is 4.56. The lowest BCUT2D eigenvalue weighted by atomic mass is 10.1. The number of hydrogen-bond donors (Lipinski definition) is 1. The van der Waals surface area contributed by atoms with Gasteiger partial charge in [0.15, 0.2) is 0 Å². The van der Waals surface area contributed by atoms with Gasteiger partial charge in [-0.1, -0.05) is 25.1 Å². The van der Waals surface area contributed by atoms with E-state index < -0.39 is 6.04 Å². The molecular weight excluding hydrogens is 319 g/mol. The van der Waals surface area contributed by atoms with Crippen LogP contribution in [0.3, 0.4) is 0 Å². The number of anilines is 1. The van der Waals surface area contributed by atoms with Gasteiger partial charge in [0.05, 0.1) is 0 Å². The van der Waals surface area contributed by atoms with Crippen molar-refractivity contribution in [3.05, 3.63) is 65.5 Å². The summed E-state index contributed by atoms with van der Waals surface area (Å²) in [6, 6.07) is 12.6. The molecule has 2 aromatic rings. The van der Waals surface area contributed by atoms with Gasteiger partial charge < -0.3 is 10.2 Å². The van der Waals surface area contributed by atoms with Crippen molar-refractivity contribution in [3.63, 3.8) is 0 Å². The van der Waals surface area contributed by atoms with Crippen molar-refractivity contribution >= 4 is 17.5 Å². The van der Waals surface area contributed by atoms with Crippen molar-refractivity contribution in [2.24, 2.45) is 0 Å². The van der Waals surface area contributed by atoms with Gasteiger partial charge in [-0.2, -0.15) is 0 Å². The second-order valence-electron chi connectivity index (χ2n) is 6.16. The second-order valence-corrected chi connectivity index (χ2v) is 6.16. The molecule has 2 amide bonds. The number of carbonyl (C=O) groups is 2. The summed E-state index contributed by atoms with van der Waals surface area (Å²) in [6.07, 6.45) is 2.23. The van der Waals surface area contributed by atoms with Crippen LogP contribution in [-0.2, 0) is 11.2 Å². The number of para-hydroxylation sites is 1. The highest BCUT2D eigenvalue weighted by molar-refractivity contribution is 6.01. The Kier molecular flexibility index (Phi) is 5.12. The van der Waals surface area contributed by atoms with Crippen LogP contribution in [0.5, 0.6) is 0 Å². The number of nitrogens with one attached hydrogen (secondary N) is 1. The Bertz CT molecular complexity index is 774. The summed E-state index contributed by atoms with van der Waals surface area (Å²) in [7, 11) is 0. The fraction of sp³-hybridized carbons (Fsp3) is 0.300. The zero-order chi connectivity index (χ0) is 17.8. The van der Waals surface area contributed by atoms with E-state index in [9.17, 15) is 14.0 Å². The number of benzene rings is 2. The Balaban J connectivity index is 1.75. The first-order valence-electron chi connectivity index (χ1n) is 8.55. The van der Waals surface area contributed by atoms with Gasteiger partial charge in [0, 0.05) is 17.8 Å². The van der Waals surface area contributed by atoms with Crippen molar-refractivity contribution in [1.29, 1.82) is 0 Å². The minimum absolute atomic E-state index is 0.172. The maximum absolute atomic E-state index is 13.1. The first kappa shape index (κ1) is 17.1. The van der Waals surface area contributed by atoms with Crippen molar-refractivity contribution < 1.29 is 14.0 Å². The standard InChI is InChI=1S/C20H21FN2O2/c1-2-14-6-3-4-7-17(14)22-19(24)18-8-5-13-23(18)20(25)15-9-11-16(21)12-10-15/h3-4,6-7,9-12,18H,2,5,8,13H2,1H3,(H,22,24). The minimum atomic E-state index is -0.498. The number of aryl methyl sites for hydroxylation is 1. The lowest BCUT2D eigenvalue weighted by Crippen LogP contribution is -2.43. The normalized spacial score (nSPS) is 16.7. The van der Waals surface area contributed by atoms with E-state index in [4.69, 9.17) is 0 Å². The van der Waals surface area contributed by atoms with Gasteiger partial charge in [-0.05, 0) is 55.2 Å². The van der Waals surface area contributed by atoms with Crippen molar-refractivity contribution in [3.8, 4) is 0 Å². The number of nitrogens with zero attached hydrogens (tertiary/aromatic N) is 1. The second kappa shape index (κ2) is 7.47. The van der Waals surface area contributed by atoms with E-state index in [0.717, 1.165) is 24.1 Å². The summed E-state index contributed by atoms with van der Waals surface area (Å²) in [5, 5.41) is 2.96. The van der Waals surface area contributed by atoms with Crippen LogP contribution >= 0.6 is 0 Å². The van der Waals surface area contributed by atoms with Gasteiger partial charge >= 0.3 is 0 Å². The summed E-state index contributed by atoms with van der Waals surface area (Å²) in [4.78, 5) is 27.0. The molecular formula is C20H21FN2O2. The Morgan fingerprint density at radius 3 is 2.60 bits per heavy atom. The third-order valence-corrected chi connectivity index (χ3v) is 4.56. The first-order valence-corrected chi connectivity index (χ1v) is 8.55. The summed E-state index contributed by atoms with van der Waals surface area (Å²) >= 11 is 0. The van der Waals surface area contributed by atoms with Crippen LogP contribution in [0.1, 0.15) is 35.7 Å². The van der Waals surface area contributed by atoms with Gasteiger partial charge in [-0.25, -0.2) is 4.39 Å². The smallest absolute Gasteiger partial charge is 0.254 e. The minimum Gasteiger partial charge on any atom is -0.327 e. The van der Waals surface area contributed by atoms with E-state index in [1.165, 1.54) is 24.3 Å². The molecule has 4 nitrogen and oxygen atoms in total. The Morgan fingerprint density at radius 1 is 1.16 bits per heavy atom. The molecule has 25 heavy (non-hydrogen) atoms. The van der Waals surface area contributed by atoms with E-state index >= 15 is 0 Å². The number of carbonyl (C=O) groups excluding carboxylic acids is 2. The molecule has 1 aliphatic heterocycles. The molecule has 5 heteroatoms. The van der Waals surface area contributed by atoms with Gasteiger partial charge in [0.1, 0.15) is 11.9 Å². The summed E-state index contributed by atoms with van der Waals surface area (Å²) < 4.78 is 13.1. The quantitative estimate of drug-likeness (QED) is 0.924. The summed E-state index contributed by atoms with van der Waals surface area (Å²) in [6.45, 7) is 2.56. The van der Waals surface area contributed by atoms with Crippen LogP contribution in [0.25, 0.3) is 0 Å². The Hall–Kier alpha value is -2.69. The highest BCUT2D eigenvalue weighted by Gasteiger charge is 2.34. The molecule has 0 aliphatic carbocycles. The SMILES string of the molecule is CCc1ccccc1NC(=O)C1CCCN1C(=O)c1ccc(F)cc1. The first-order chi connectivity index (χ1) is 12.1. The van der Waals surface area contributed by atoms with Crippen LogP contribution in [0, 0.1) is 5.82 Å². The molecule has 1 atom stereocenters.